The first-order chi connectivity index (χ1) is 13.1. The molecule has 0 amide bonds. The Morgan fingerprint density at radius 3 is 2.33 bits per heavy atom. The molecule has 27 heavy (non-hydrogen) atoms. The maximum atomic E-state index is 11.7. The zero-order valence-electron chi connectivity index (χ0n) is 14.5. The highest BCUT2D eigenvalue weighted by molar-refractivity contribution is 7.81. The summed E-state index contributed by atoms with van der Waals surface area (Å²) in [7, 11) is 0. The topological polar surface area (TPSA) is 75.2 Å². The van der Waals surface area contributed by atoms with Crippen molar-refractivity contribution in [3.05, 3.63) is 66.5 Å². The van der Waals surface area contributed by atoms with Crippen molar-refractivity contribution in [3.63, 3.8) is 0 Å². The summed E-state index contributed by atoms with van der Waals surface area (Å²) in [5.74, 6) is 0.0360. The number of H-pyrrole nitrogens is 1. The summed E-state index contributed by atoms with van der Waals surface area (Å²) < 4.78 is 5.33. The molecule has 5 nitrogen and oxygen atoms in total. The van der Waals surface area contributed by atoms with Gasteiger partial charge in [-0.2, -0.15) is 0 Å². The number of thiocarbonyl (C=S) groups is 1. The summed E-state index contributed by atoms with van der Waals surface area (Å²) >= 11 is 5.54. The van der Waals surface area contributed by atoms with Crippen molar-refractivity contribution in [1.82, 2.24) is 9.97 Å². The minimum Gasteiger partial charge on any atom is -0.456 e. The van der Waals surface area contributed by atoms with Crippen molar-refractivity contribution in [3.8, 4) is 22.5 Å². The second-order valence-corrected chi connectivity index (χ2v) is 6.92. The molecule has 0 aliphatic carbocycles. The molecule has 1 aliphatic rings. The van der Waals surface area contributed by atoms with Crippen LogP contribution < -0.4 is 0 Å². The van der Waals surface area contributed by atoms with Gasteiger partial charge in [-0.3, -0.25) is 4.79 Å². The molecule has 1 aromatic heterocycles. The van der Waals surface area contributed by atoms with E-state index >= 15 is 0 Å². The number of aromatic amines is 1. The Labute approximate surface area is 162 Å². The lowest BCUT2D eigenvalue weighted by molar-refractivity contribution is -0.155. The van der Waals surface area contributed by atoms with Crippen LogP contribution in [-0.2, 0) is 9.53 Å². The van der Waals surface area contributed by atoms with Crippen LogP contribution >= 0.6 is 12.2 Å². The first kappa shape index (κ1) is 17.6. The lowest BCUT2D eigenvalue weighted by Gasteiger charge is -2.25. The minimum absolute atomic E-state index is 0.00178. The molecule has 2 N–H and O–H groups in total. The van der Waals surface area contributed by atoms with E-state index < -0.39 is 18.2 Å². The van der Waals surface area contributed by atoms with Crippen LogP contribution in [0.4, 0.5) is 0 Å². The van der Waals surface area contributed by atoms with Gasteiger partial charge < -0.3 is 14.8 Å². The SMILES string of the molecule is O=C1C[C@@H](O)C[C@@H](C(=S)c2nc(-c3ccccc3)c(-c3ccccc3)[nH]2)O1. The number of nitrogens with one attached hydrogen (secondary N) is 1. The fraction of sp³-hybridized carbons (Fsp3) is 0.190. The number of rotatable bonds is 4. The van der Waals surface area contributed by atoms with Crippen LogP contribution in [0.1, 0.15) is 18.7 Å². The van der Waals surface area contributed by atoms with Crippen LogP contribution in [0.15, 0.2) is 60.7 Å². The van der Waals surface area contributed by atoms with E-state index in [1.54, 1.807) is 0 Å². The molecule has 2 heterocycles. The third-order valence-corrected chi connectivity index (χ3v) is 4.96. The number of aliphatic hydroxyl groups excluding tert-OH is 1. The van der Waals surface area contributed by atoms with Gasteiger partial charge in [-0.15, -0.1) is 0 Å². The maximum absolute atomic E-state index is 11.7. The molecule has 0 saturated carbocycles. The third kappa shape index (κ3) is 3.67. The van der Waals surface area contributed by atoms with Crippen molar-refractivity contribution in [2.45, 2.75) is 25.0 Å². The van der Waals surface area contributed by atoms with Crippen molar-refractivity contribution >= 4 is 23.1 Å². The van der Waals surface area contributed by atoms with E-state index in [1.807, 2.05) is 60.7 Å². The maximum Gasteiger partial charge on any atom is 0.309 e. The summed E-state index contributed by atoms with van der Waals surface area (Å²) in [6.07, 6.45) is -1.12. The number of aliphatic hydroxyl groups is 1. The highest BCUT2D eigenvalue weighted by Gasteiger charge is 2.32. The largest absolute Gasteiger partial charge is 0.456 e. The molecule has 0 unspecified atom stereocenters. The molecule has 0 radical (unpaired) electrons. The smallest absolute Gasteiger partial charge is 0.309 e. The Morgan fingerprint density at radius 2 is 1.70 bits per heavy atom. The number of imidazole rings is 1. The number of ether oxygens (including phenoxy) is 1. The van der Waals surface area contributed by atoms with E-state index in [0.29, 0.717) is 10.7 Å². The molecular formula is C21H18N2O3S. The fourth-order valence-corrected chi connectivity index (χ4v) is 3.44. The molecule has 1 saturated heterocycles. The first-order valence-corrected chi connectivity index (χ1v) is 9.15. The van der Waals surface area contributed by atoms with E-state index in [-0.39, 0.29) is 12.8 Å². The number of aromatic nitrogens is 2. The number of hydrogen-bond acceptors (Lipinski definition) is 5. The quantitative estimate of drug-likeness (QED) is 0.413. The summed E-state index contributed by atoms with van der Waals surface area (Å²) in [5, 5.41) is 9.87. The van der Waals surface area contributed by atoms with Crippen LogP contribution in [0.25, 0.3) is 22.5 Å². The normalized spacial score (nSPS) is 19.5. The third-order valence-electron chi connectivity index (χ3n) is 4.50. The standard InChI is InChI=1S/C21H18N2O3S/c24-15-11-16(26-17(25)12-15)20(27)21-22-18(13-7-3-1-4-8-13)19(23-21)14-9-5-2-6-10-14/h1-10,15-16,24H,11-12H2,(H,22,23)/t15-,16-/m0/s1. The van der Waals surface area contributed by atoms with Crippen molar-refractivity contribution < 1.29 is 14.6 Å². The van der Waals surface area contributed by atoms with Crippen molar-refractivity contribution in [2.75, 3.05) is 0 Å². The Morgan fingerprint density at radius 1 is 1.07 bits per heavy atom. The molecule has 136 valence electrons. The molecule has 2 aromatic carbocycles. The molecule has 6 heteroatoms. The van der Waals surface area contributed by atoms with Crippen LogP contribution in [0, 0.1) is 0 Å². The van der Waals surface area contributed by atoms with Gasteiger partial charge in [-0.25, -0.2) is 4.98 Å². The average Bonchev–Trinajstić information content (AvgIpc) is 3.13. The molecule has 1 aliphatic heterocycles. The van der Waals surface area contributed by atoms with Gasteiger partial charge >= 0.3 is 5.97 Å². The van der Waals surface area contributed by atoms with E-state index in [1.165, 1.54) is 0 Å². The molecule has 0 bridgehead atoms. The molecule has 0 spiro atoms. The van der Waals surface area contributed by atoms with E-state index in [4.69, 9.17) is 21.9 Å². The van der Waals surface area contributed by atoms with Gasteiger partial charge in [0.25, 0.3) is 0 Å². The molecule has 4 rings (SSSR count). The van der Waals surface area contributed by atoms with Gasteiger partial charge in [0.2, 0.25) is 0 Å². The molecule has 3 aromatic rings. The van der Waals surface area contributed by atoms with E-state index in [0.717, 1.165) is 22.5 Å². The number of carbonyl (C=O) groups is 1. The predicted molar refractivity (Wildman–Crippen MR) is 106 cm³/mol. The van der Waals surface area contributed by atoms with Gasteiger partial charge in [-0.1, -0.05) is 72.9 Å². The summed E-state index contributed by atoms with van der Waals surface area (Å²) in [6, 6.07) is 19.7. The summed E-state index contributed by atoms with van der Waals surface area (Å²) in [5.41, 5.74) is 3.57. The Kier molecular flexibility index (Phi) is 4.83. The zero-order valence-corrected chi connectivity index (χ0v) is 15.3. The number of cyclic esters (lactones) is 1. The van der Waals surface area contributed by atoms with Gasteiger partial charge in [-0.05, 0) is 0 Å². The molecular weight excluding hydrogens is 360 g/mol. The Hall–Kier alpha value is -2.83. The number of nitrogens with zero attached hydrogens (tertiary/aromatic N) is 1. The van der Waals surface area contributed by atoms with Crippen LogP contribution in [-0.4, -0.2) is 38.1 Å². The Balaban J connectivity index is 1.75. The highest BCUT2D eigenvalue weighted by atomic mass is 32.1. The highest BCUT2D eigenvalue weighted by Crippen LogP contribution is 2.31. The Bertz CT molecular complexity index is 913. The van der Waals surface area contributed by atoms with Gasteiger partial charge in [0, 0.05) is 17.5 Å². The number of carbonyl (C=O) groups excluding carboxylic acids is 1. The van der Waals surface area contributed by atoms with Crippen LogP contribution in [0.2, 0.25) is 0 Å². The molecule has 2 atom stereocenters. The van der Waals surface area contributed by atoms with E-state index in [2.05, 4.69) is 4.98 Å². The minimum atomic E-state index is -0.744. The first-order valence-electron chi connectivity index (χ1n) is 8.74. The summed E-state index contributed by atoms with van der Waals surface area (Å²) in [4.78, 5) is 20.1. The zero-order chi connectivity index (χ0) is 18.8. The fourth-order valence-electron chi connectivity index (χ4n) is 3.20. The summed E-state index contributed by atoms with van der Waals surface area (Å²) in [6.45, 7) is 0. The second-order valence-electron chi connectivity index (χ2n) is 6.48. The number of esters is 1. The number of benzene rings is 2. The van der Waals surface area contributed by atoms with Gasteiger partial charge in [0.05, 0.1) is 28.8 Å². The van der Waals surface area contributed by atoms with Gasteiger partial charge in [0.1, 0.15) is 11.9 Å². The van der Waals surface area contributed by atoms with Crippen LogP contribution in [0.5, 0.6) is 0 Å². The number of hydrogen-bond donors (Lipinski definition) is 2. The lowest BCUT2D eigenvalue weighted by Crippen LogP contribution is -2.37. The van der Waals surface area contributed by atoms with Crippen molar-refractivity contribution in [2.24, 2.45) is 0 Å². The second kappa shape index (κ2) is 7.42. The predicted octanol–water partition coefficient (Wildman–Crippen LogP) is 3.53. The lowest BCUT2D eigenvalue weighted by atomic mass is 10.0. The monoisotopic (exact) mass is 378 g/mol. The molecule has 1 fully saturated rings. The average molecular weight is 378 g/mol. The van der Waals surface area contributed by atoms with Crippen molar-refractivity contribution in [1.29, 1.82) is 0 Å². The van der Waals surface area contributed by atoms with Gasteiger partial charge in [0.15, 0.2) is 0 Å². The van der Waals surface area contributed by atoms with E-state index in [9.17, 15) is 9.90 Å². The van der Waals surface area contributed by atoms with Crippen LogP contribution in [0.3, 0.4) is 0 Å².